The Morgan fingerprint density at radius 3 is 3.14 bits per heavy atom. The maximum absolute atomic E-state index is 11.7. The molecule has 2 aromatic rings. The van der Waals surface area contributed by atoms with Gasteiger partial charge in [0.2, 0.25) is 0 Å². The number of esters is 1. The molecule has 0 saturated heterocycles. The van der Waals surface area contributed by atoms with Gasteiger partial charge in [-0.2, -0.15) is 10.4 Å². The Morgan fingerprint density at radius 1 is 1.50 bits per heavy atom. The van der Waals surface area contributed by atoms with E-state index in [1.807, 2.05) is 18.2 Å². The first kappa shape index (κ1) is 13.9. The van der Waals surface area contributed by atoms with Crippen molar-refractivity contribution in [3.05, 3.63) is 47.7 Å². The van der Waals surface area contributed by atoms with E-state index in [0.29, 0.717) is 24.4 Å². The Bertz CT molecular complexity index is 799. The largest absolute Gasteiger partial charge is 0.461 e. The highest BCUT2D eigenvalue weighted by atomic mass is 16.5. The standard InChI is InChI=1S/C16H14N4O2/c1-2-22-16(21)13-6-7-20-15(18-13)9-14(19-20)12-5-3-4-11(8-12)10-17/h3-6,8-9,18H,2,7H2,1H3. The highest BCUT2D eigenvalue weighted by molar-refractivity contribution is 5.92. The van der Waals surface area contributed by atoms with E-state index in [-0.39, 0.29) is 5.97 Å². The SMILES string of the molecule is CCOC(=O)C1=CCn2nc(-c3cccc(C#N)c3)cc2N1. The Labute approximate surface area is 127 Å². The topological polar surface area (TPSA) is 79.9 Å². The molecule has 0 spiro atoms. The van der Waals surface area contributed by atoms with Crippen molar-refractivity contribution in [1.29, 1.82) is 5.26 Å². The minimum Gasteiger partial charge on any atom is -0.461 e. The first-order valence-electron chi connectivity index (χ1n) is 6.94. The van der Waals surface area contributed by atoms with Crippen LogP contribution in [0.1, 0.15) is 12.5 Å². The average Bonchev–Trinajstić information content (AvgIpc) is 2.98. The lowest BCUT2D eigenvalue weighted by molar-refractivity contribution is -0.138. The van der Waals surface area contributed by atoms with Gasteiger partial charge in [0.15, 0.2) is 0 Å². The molecule has 0 radical (unpaired) electrons. The summed E-state index contributed by atoms with van der Waals surface area (Å²) in [7, 11) is 0. The van der Waals surface area contributed by atoms with Crippen LogP contribution >= 0.6 is 0 Å². The number of nitriles is 1. The van der Waals surface area contributed by atoms with Gasteiger partial charge in [0.05, 0.1) is 30.5 Å². The molecular weight excluding hydrogens is 280 g/mol. The van der Waals surface area contributed by atoms with E-state index in [2.05, 4.69) is 16.5 Å². The van der Waals surface area contributed by atoms with Gasteiger partial charge >= 0.3 is 5.97 Å². The van der Waals surface area contributed by atoms with Crippen molar-refractivity contribution in [2.75, 3.05) is 11.9 Å². The predicted molar refractivity (Wildman–Crippen MR) is 80.7 cm³/mol. The molecule has 0 unspecified atom stereocenters. The maximum atomic E-state index is 11.7. The number of fused-ring (bicyclic) bond motifs is 1. The van der Waals surface area contributed by atoms with E-state index in [4.69, 9.17) is 10.00 Å². The van der Waals surface area contributed by atoms with Crippen molar-refractivity contribution in [1.82, 2.24) is 9.78 Å². The molecule has 1 aromatic heterocycles. The van der Waals surface area contributed by atoms with Crippen molar-refractivity contribution in [3.63, 3.8) is 0 Å². The Balaban J connectivity index is 1.86. The summed E-state index contributed by atoms with van der Waals surface area (Å²) in [6.07, 6.45) is 1.74. The molecule has 2 heterocycles. The highest BCUT2D eigenvalue weighted by Gasteiger charge is 2.19. The molecule has 0 bridgehead atoms. The molecule has 0 fully saturated rings. The molecule has 22 heavy (non-hydrogen) atoms. The zero-order chi connectivity index (χ0) is 15.5. The summed E-state index contributed by atoms with van der Waals surface area (Å²) < 4.78 is 6.74. The molecule has 0 saturated carbocycles. The molecule has 0 aliphatic carbocycles. The van der Waals surface area contributed by atoms with E-state index in [1.165, 1.54) is 0 Å². The summed E-state index contributed by atoms with van der Waals surface area (Å²) in [5.41, 5.74) is 2.62. The van der Waals surface area contributed by atoms with Crippen molar-refractivity contribution < 1.29 is 9.53 Å². The average molecular weight is 294 g/mol. The zero-order valence-corrected chi connectivity index (χ0v) is 12.0. The first-order valence-corrected chi connectivity index (χ1v) is 6.94. The number of nitrogens with one attached hydrogen (secondary N) is 1. The number of rotatable bonds is 3. The number of benzene rings is 1. The van der Waals surface area contributed by atoms with Crippen LogP contribution in [0.25, 0.3) is 11.3 Å². The second kappa shape index (κ2) is 5.74. The number of hydrogen-bond acceptors (Lipinski definition) is 5. The van der Waals surface area contributed by atoms with Gasteiger partial charge in [-0.1, -0.05) is 12.1 Å². The van der Waals surface area contributed by atoms with Gasteiger partial charge in [-0.05, 0) is 25.1 Å². The third kappa shape index (κ3) is 2.56. The highest BCUT2D eigenvalue weighted by Crippen LogP contribution is 2.25. The Morgan fingerprint density at radius 2 is 2.36 bits per heavy atom. The molecule has 1 aliphatic rings. The zero-order valence-electron chi connectivity index (χ0n) is 12.0. The number of carbonyl (C=O) groups is 1. The minimum absolute atomic E-state index is 0.337. The lowest BCUT2D eigenvalue weighted by Gasteiger charge is -2.15. The maximum Gasteiger partial charge on any atom is 0.354 e. The molecule has 110 valence electrons. The molecule has 0 amide bonds. The van der Waals surface area contributed by atoms with Crippen LogP contribution in [0.5, 0.6) is 0 Å². The number of anilines is 1. The quantitative estimate of drug-likeness (QED) is 0.879. The van der Waals surface area contributed by atoms with Crippen molar-refractivity contribution >= 4 is 11.8 Å². The molecule has 3 rings (SSSR count). The molecular formula is C16H14N4O2. The summed E-state index contributed by atoms with van der Waals surface area (Å²) in [6.45, 7) is 2.60. The normalized spacial score (nSPS) is 12.6. The molecule has 1 aliphatic heterocycles. The first-order chi connectivity index (χ1) is 10.7. The van der Waals surface area contributed by atoms with Crippen molar-refractivity contribution in [3.8, 4) is 17.3 Å². The van der Waals surface area contributed by atoms with Crippen LogP contribution in [0.15, 0.2) is 42.1 Å². The fraction of sp³-hybridized carbons (Fsp3) is 0.188. The predicted octanol–water partition coefficient (Wildman–Crippen LogP) is 2.29. The number of ether oxygens (including phenoxy) is 1. The van der Waals surface area contributed by atoms with Gasteiger partial charge in [0.25, 0.3) is 0 Å². The molecule has 0 atom stereocenters. The monoisotopic (exact) mass is 294 g/mol. The van der Waals surface area contributed by atoms with E-state index in [1.54, 1.807) is 29.8 Å². The number of allylic oxidation sites excluding steroid dienone is 1. The molecule has 6 nitrogen and oxygen atoms in total. The lowest BCUT2D eigenvalue weighted by Crippen LogP contribution is -2.21. The van der Waals surface area contributed by atoms with Crippen molar-refractivity contribution in [2.24, 2.45) is 0 Å². The van der Waals surface area contributed by atoms with Gasteiger partial charge in [-0.25, -0.2) is 9.48 Å². The molecule has 1 N–H and O–H groups in total. The van der Waals surface area contributed by atoms with E-state index in [9.17, 15) is 4.79 Å². The van der Waals surface area contributed by atoms with Crippen LogP contribution in [-0.4, -0.2) is 22.4 Å². The van der Waals surface area contributed by atoms with Gasteiger partial charge in [0.1, 0.15) is 11.5 Å². The molecule has 1 aromatic carbocycles. The number of nitrogens with zero attached hydrogens (tertiary/aromatic N) is 3. The fourth-order valence-corrected chi connectivity index (χ4v) is 2.26. The smallest absolute Gasteiger partial charge is 0.354 e. The number of aromatic nitrogens is 2. The molecule has 6 heteroatoms. The van der Waals surface area contributed by atoms with Crippen molar-refractivity contribution in [2.45, 2.75) is 13.5 Å². The van der Waals surface area contributed by atoms with Crippen LogP contribution in [0.3, 0.4) is 0 Å². The van der Waals surface area contributed by atoms with Crippen LogP contribution < -0.4 is 5.32 Å². The van der Waals surface area contributed by atoms with Crippen LogP contribution in [-0.2, 0) is 16.1 Å². The van der Waals surface area contributed by atoms with E-state index in [0.717, 1.165) is 17.1 Å². The van der Waals surface area contributed by atoms with E-state index >= 15 is 0 Å². The second-order valence-electron chi connectivity index (χ2n) is 4.75. The van der Waals surface area contributed by atoms with E-state index < -0.39 is 0 Å². The third-order valence-electron chi connectivity index (χ3n) is 3.29. The van der Waals surface area contributed by atoms with Gasteiger partial charge in [-0.15, -0.1) is 0 Å². The Hall–Kier alpha value is -3.07. The Kier molecular flexibility index (Phi) is 3.62. The van der Waals surface area contributed by atoms with Gasteiger partial charge in [-0.3, -0.25) is 0 Å². The summed E-state index contributed by atoms with van der Waals surface area (Å²) in [5, 5.41) is 16.5. The third-order valence-corrected chi connectivity index (χ3v) is 3.29. The summed E-state index contributed by atoms with van der Waals surface area (Å²) in [6, 6.07) is 11.2. The summed E-state index contributed by atoms with van der Waals surface area (Å²) >= 11 is 0. The number of carbonyl (C=O) groups excluding carboxylic acids is 1. The summed E-state index contributed by atoms with van der Waals surface area (Å²) in [4.78, 5) is 11.7. The lowest BCUT2D eigenvalue weighted by atomic mass is 10.1. The summed E-state index contributed by atoms with van der Waals surface area (Å²) in [5.74, 6) is 0.353. The second-order valence-corrected chi connectivity index (χ2v) is 4.75. The van der Waals surface area contributed by atoms with Crippen LogP contribution in [0.4, 0.5) is 5.82 Å². The van der Waals surface area contributed by atoms with Gasteiger partial charge in [0, 0.05) is 11.6 Å². The van der Waals surface area contributed by atoms with Crippen LogP contribution in [0.2, 0.25) is 0 Å². The van der Waals surface area contributed by atoms with Crippen LogP contribution in [0, 0.1) is 11.3 Å². The number of hydrogen-bond donors (Lipinski definition) is 1. The fourth-order valence-electron chi connectivity index (χ4n) is 2.26. The van der Waals surface area contributed by atoms with Gasteiger partial charge < -0.3 is 10.1 Å². The minimum atomic E-state index is -0.372.